The number of rotatable bonds is 32. The fourth-order valence-corrected chi connectivity index (χ4v) is 17.1. The van der Waals surface area contributed by atoms with Gasteiger partial charge >= 0.3 is 23.9 Å². The van der Waals surface area contributed by atoms with E-state index in [4.69, 9.17) is 61.6 Å². The van der Waals surface area contributed by atoms with Crippen molar-refractivity contribution in [2.75, 3.05) is 142 Å². The van der Waals surface area contributed by atoms with Crippen molar-refractivity contribution in [1.82, 2.24) is 0 Å². The normalized spacial score (nSPS) is 17.7. The van der Waals surface area contributed by atoms with Crippen LogP contribution in [0.1, 0.15) is 109 Å². The van der Waals surface area contributed by atoms with Gasteiger partial charge in [-0.25, -0.2) is 0 Å². The summed E-state index contributed by atoms with van der Waals surface area (Å²) in [5.74, 6) is 0.690. The number of hydrogen-bond acceptors (Lipinski definition) is 19. The Morgan fingerprint density at radius 2 is 0.652 bits per heavy atom. The topological polar surface area (TPSA) is 195 Å². The van der Waals surface area contributed by atoms with Crippen LogP contribution in [0.2, 0.25) is 0 Å². The van der Waals surface area contributed by atoms with Crippen LogP contribution < -0.4 is 28.7 Å². The molecule has 115 heavy (non-hydrogen) atoms. The molecule has 19 nitrogen and oxygen atoms in total. The van der Waals surface area contributed by atoms with E-state index in [2.05, 4.69) is 207 Å². The first-order valence-corrected chi connectivity index (χ1v) is 40.0. The molecular formula is C96H96N2O17. The smallest absolute Gasteiger partial charge is 0.306 e. The minimum absolute atomic E-state index is 0.00851. The summed E-state index contributed by atoms with van der Waals surface area (Å²) in [4.78, 5) is 54.9. The second-order valence-corrected chi connectivity index (χ2v) is 30.5. The molecule has 0 spiro atoms. The summed E-state index contributed by atoms with van der Waals surface area (Å²) in [6.07, 6.45) is 8.33. The predicted molar refractivity (Wildman–Crippen MR) is 441 cm³/mol. The Labute approximate surface area is 670 Å². The van der Waals surface area contributed by atoms with E-state index in [0.717, 1.165) is 104 Å². The molecule has 0 N–H and O–H groups in total. The largest absolute Gasteiger partial charge is 0.490 e. The zero-order valence-electron chi connectivity index (χ0n) is 65.6. The van der Waals surface area contributed by atoms with Crippen LogP contribution in [-0.2, 0) is 83.8 Å². The molecule has 2 aliphatic carbocycles. The number of morpholine rings is 2. The molecule has 16 rings (SSSR count). The lowest BCUT2D eigenvalue weighted by Crippen LogP contribution is -2.37. The standard InChI is InChI=1S/C96H96N2O17/c1-93(2)81-19-11-9-17-77(81)87-73-13-5-7-15-75(73)91-79(89(87)93)41-43-95(114-91,65-21-29-69(30-22-65)97-45-49-103-50-46-97)67-25-33-71(34-26-67)108-61-63-112-85(101)39-37-83(99)110-59-57-106-55-53-105-54-56-107-58-60-111-84(100)38-40-86(102)113-64-62-109-72-35-27-68(28-36-72)96(66-23-31-70(32-24-66)98-47-51-104-52-48-98)44-42-80-90-88(74-14-6-8-16-76(74)92(80)115-96)78-18-10-12-20-82(78)94(90,3)4/h5-36,41-44H,37-40,45-64H2,1-4H3. The maximum atomic E-state index is 12.6. The number of carbonyl (C=O) groups excluding carboxylic acids is 4. The average molecular weight is 1550 g/mol. The Bertz CT molecular complexity index is 4930. The van der Waals surface area contributed by atoms with Crippen molar-refractivity contribution in [2.24, 2.45) is 0 Å². The first-order chi connectivity index (χ1) is 56.2. The lowest BCUT2D eigenvalue weighted by molar-refractivity contribution is -0.151. The number of nitrogens with zero attached hydrogens (tertiary/aromatic N) is 2. The molecule has 4 aliphatic heterocycles. The summed E-state index contributed by atoms with van der Waals surface area (Å²) >= 11 is 0. The van der Waals surface area contributed by atoms with Crippen LogP contribution >= 0.6 is 0 Å². The van der Waals surface area contributed by atoms with Crippen molar-refractivity contribution < 1.29 is 80.8 Å². The Kier molecular flexibility index (Phi) is 23.2. The van der Waals surface area contributed by atoms with Gasteiger partial charge < -0.3 is 71.4 Å². The van der Waals surface area contributed by atoms with E-state index < -0.39 is 35.1 Å². The third-order valence-electron chi connectivity index (χ3n) is 22.8. The fourth-order valence-electron chi connectivity index (χ4n) is 17.1. The van der Waals surface area contributed by atoms with E-state index in [1.165, 1.54) is 44.5 Å². The van der Waals surface area contributed by atoms with Crippen LogP contribution in [0.25, 0.3) is 56.0 Å². The molecule has 19 heteroatoms. The third kappa shape index (κ3) is 16.0. The molecule has 2 unspecified atom stereocenters. The van der Waals surface area contributed by atoms with E-state index in [1.54, 1.807) is 0 Å². The molecule has 0 aromatic heterocycles. The molecule has 10 aromatic carbocycles. The van der Waals surface area contributed by atoms with E-state index >= 15 is 0 Å². The maximum Gasteiger partial charge on any atom is 0.306 e. The highest BCUT2D eigenvalue weighted by Gasteiger charge is 2.47. The first-order valence-electron chi connectivity index (χ1n) is 40.0. The Morgan fingerprint density at radius 3 is 1.01 bits per heavy atom. The van der Waals surface area contributed by atoms with Crippen molar-refractivity contribution in [3.63, 3.8) is 0 Å². The molecule has 0 bridgehead atoms. The molecule has 0 radical (unpaired) electrons. The number of fused-ring (bicyclic) bond motifs is 16. The van der Waals surface area contributed by atoms with Gasteiger partial charge in [0.25, 0.3) is 0 Å². The van der Waals surface area contributed by atoms with Gasteiger partial charge in [-0.1, -0.05) is 185 Å². The van der Waals surface area contributed by atoms with Crippen molar-refractivity contribution in [3.05, 3.63) is 262 Å². The van der Waals surface area contributed by atoms with E-state index in [1.807, 2.05) is 48.5 Å². The number of anilines is 2. The van der Waals surface area contributed by atoms with Gasteiger partial charge in [-0.2, -0.15) is 0 Å². The first kappa shape index (κ1) is 77.6. The average Bonchev–Trinajstić information content (AvgIpc) is 1.57. The van der Waals surface area contributed by atoms with Crippen molar-refractivity contribution >= 4 is 68.9 Å². The molecule has 2 saturated heterocycles. The Balaban J connectivity index is 0.412. The van der Waals surface area contributed by atoms with Gasteiger partial charge in [-0.3, -0.25) is 19.2 Å². The lowest BCUT2D eigenvalue weighted by Gasteiger charge is -2.39. The van der Waals surface area contributed by atoms with E-state index in [9.17, 15) is 19.2 Å². The van der Waals surface area contributed by atoms with Gasteiger partial charge in [0.2, 0.25) is 0 Å². The lowest BCUT2D eigenvalue weighted by atomic mass is 9.77. The van der Waals surface area contributed by atoms with Crippen LogP contribution in [0, 0.1) is 0 Å². The van der Waals surface area contributed by atoms with Crippen LogP contribution in [0.15, 0.2) is 206 Å². The number of carbonyl (C=O) groups is 4. The maximum absolute atomic E-state index is 12.6. The molecule has 10 aromatic rings. The van der Waals surface area contributed by atoms with Crippen LogP contribution in [0.3, 0.4) is 0 Å². The number of benzene rings is 10. The van der Waals surface area contributed by atoms with Crippen molar-refractivity contribution in [2.45, 2.75) is 75.4 Å². The molecule has 592 valence electrons. The van der Waals surface area contributed by atoms with Crippen LogP contribution in [0.5, 0.6) is 23.0 Å². The summed E-state index contributed by atoms with van der Waals surface area (Å²) in [5, 5.41) is 4.42. The summed E-state index contributed by atoms with van der Waals surface area (Å²) in [7, 11) is 0. The summed E-state index contributed by atoms with van der Waals surface area (Å²) in [6, 6.07) is 67.6. The molecular weight excluding hydrogens is 1450 g/mol. The number of ether oxygens (including phenoxy) is 13. The van der Waals surface area contributed by atoms with Crippen molar-refractivity contribution in [3.8, 4) is 45.3 Å². The Hall–Kier alpha value is -11.3. The van der Waals surface area contributed by atoms with Gasteiger partial charge in [0, 0.05) is 92.5 Å². The fraction of sp³-hybridized carbons (Fsp3) is 0.333. The summed E-state index contributed by atoms with van der Waals surface area (Å²) < 4.78 is 76.5. The van der Waals surface area contributed by atoms with Gasteiger partial charge in [-0.15, -0.1) is 0 Å². The zero-order chi connectivity index (χ0) is 78.9. The molecule has 0 saturated carbocycles. The molecule has 0 amide bonds. The quantitative estimate of drug-likeness (QED) is 0.0219. The van der Waals surface area contributed by atoms with E-state index in [-0.39, 0.29) is 116 Å². The molecule has 4 heterocycles. The number of esters is 4. The Morgan fingerprint density at radius 1 is 0.348 bits per heavy atom. The van der Waals surface area contributed by atoms with Gasteiger partial charge in [0.15, 0.2) is 11.2 Å². The SMILES string of the molecule is CC1(C)c2ccccc2-c2c1c1c(c3ccccc23)OC(c2ccc(OCCOC(=O)CCC(=O)OCCOCCOCCOCCOC(=O)CCC(=O)OCCOc3ccc(C4(c5ccc(N6CCOCC6)cc5)C=Cc5c6c(c7ccccc7c5O4)-c4ccccc4C6(C)C)cc3)cc2)(c2ccc(N3CCOCC3)cc2)C=C1. The highest BCUT2D eigenvalue weighted by Crippen LogP contribution is 2.60. The van der Waals surface area contributed by atoms with Crippen LogP contribution in [-0.4, -0.2) is 156 Å². The van der Waals surface area contributed by atoms with E-state index in [0.29, 0.717) is 37.9 Å². The van der Waals surface area contributed by atoms with Crippen molar-refractivity contribution in [1.29, 1.82) is 0 Å². The number of hydrogen-bond donors (Lipinski definition) is 0. The highest BCUT2D eigenvalue weighted by molar-refractivity contribution is 6.10. The second-order valence-electron chi connectivity index (χ2n) is 30.5. The van der Waals surface area contributed by atoms with Crippen LogP contribution in [0.4, 0.5) is 11.4 Å². The van der Waals surface area contributed by atoms with Gasteiger partial charge in [-0.05, 0) is 116 Å². The zero-order valence-corrected chi connectivity index (χ0v) is 65.6. The summed E-state index contributed by atoms with van der Waals surface area (Å²) in [5.41, 5.74) is 15.9. The molecule has 6 aliphatic rings. The van der Waals surface area contributed by atoms with Gasteiger partial charge in [0.1, 0.15) is 62.6 Å². The molecule has 2 fully saturated rings. The summed E-state index contributed by atoms with van der Waals surface area (Å²) in [6.45, 7) is 16.9. The third-order valence-corrected chi connectivity index (χ3v) is 22.8. The predicted octanol–water partition coefficient (Wildman–Crippen LogP) is 16.2. The second kappa shape index (κ2) is 34.4. The molecule has 2 atom stereocenters. The highest BCUT2D eigenvalue weighted by atomic mass is 16.6. The minimum Gasteiger partial charge on any atom is -0.490 e. The monoisotopic (exact) mass is 1550 g/mol. The van der Waals surface area contributed by atoms with Gasteiger partial charge in [0.05, 0.1) is 91.8 Å². The minimum atomic E-state index is -0.991.